The van der Waals surface area contributed by atoms with Crippen molar-refractivity contribution >= 4 is 12.0 Å². The number of nitrogens with two attached hydrogens (primary N) is 1. The van der Waals surface area contributed by atoms with Crippen LogP contribution in [0.2, 0.25) is 0 Å². The third kappa shape index (κ3) is 4.29. The van der Waals surface area contributed by atoms with Crippen molar-refractivity contribution < 1.29 is 18.7 Å². The number of rotatable bonds is 6. The molecule has 1 aromatic rings. The highest BCUT2D eigenvalue weighted by Gasteiger charge is 2.52. The lowest BCUT2D eigenvalue weighted by Crippen LogP contribution is -2.55. The van der Waals surface area contributed by atoms with Crippen LogP contribution in [0.4, 0.5) is 9.18 Å². The fraction of sp³-hybridized carbons (Fsp3) is 0.619. The van der Waals surface area contributed by atoms with Gasteiger partial charge in [0.15, 0.2) is 0 Å². The molecule has 0 spiro atoms. The second kappa shape index (κ2) is 8.90. The predicted molar refractivity (Wildman–Crippen MR) is 104 cm³/mol. The molecule has 1 heterocycles. The van der Waals surface area contributed by atoms with Gasteiger partial charge in [-0.2, -0.15) is 0 Å². The zero-order chi connectivity index (χ0) is 20.1. The predicted octanol–water partition coefficient (Wildman–Crippen LogP) is 2.46. The number of piperidine rings is 1. The molecule has 0 radical (unpaired) electrons. The normalized spacial score (nSPS) is 25.1. The molecule has 3 atom stereocenters. The van der Waals surface area contributed by atoms with Crippen molar-refractivity contribution in [2.24, 2.45) is 17.6 Å². The van der Waals surface area contributed by atoms with Gasteiger partial charge in [-0.05, 0) is 68.8 Å². The number of halogens is 1. The first-order chi connectivity index (χ1) is 13.4. The van der Waals surface area contributed by atoms with E-state index in [1.54, 1.807) is 12.1 Å². The molecule has 0 unspecified atom stereocenters. The maximum atomic E-state index is 14.3. The summed E-state index contributed by atoms with van der Waals surface area (Å²) in [4.78, 5) is 23.4. The third-order valence-electron chi connectivity index (χ3n) is 6.44. The molecule has 2 amide bonds. The maximum absolute atomic E-state index is 14.3. The van der Waals surface area contributed by atoms with Crippen LogP contribution in [0.15, 0.2) is 24.3 Å². The summed E-state index contributed by atoms with van der Waals surface area (Å²) in [7, 11) is 0. The van der Waals surface area contributed by atoms with Gasteiger partial charge in [0.2, 0.25) is 5.91 Å². The molecular weight excluding hydrogens is 361 g/mol. The number of hydrogen-bond acceptors (Lipinski definition) is 4. The van der Waals surface area contributed by atoms with Crippen molar-refractivity contribution in [1.82, 2.24) is 10.6 Å². The molecule has 1 aliphatic heterocycles. The molecule has 1 saturated heterocycles. The molecule has 0 bridgehead atoms. The summed E-state index contributed by atoms with van der Waals surface area (Å²) in [5, 5.41) is 6.38. The number of hydrogen-bond donors (Lipinski definition) is 3. The van der Waals surface area contributed by atoms with Gasteiger partial charge >= 0.3 is 6.09 Å². The van der Waals surface area contributed by atoms with E-state index in [1.807, 2.05) is 6.07 Å². The van der Waals surface area contributed by atoms with Gasteiger partial charge in [-0.1, -0.05) is 12.1 Å². The van der Waals surface area contributed by atoms with Gasteiger partial charge in [-0.3, -0.25) is 4.79 Å². The Bertz CT molecular complexity index is 708. The second-order valence-electron chi connectivity index (χ2n) is 8.00. The molecule has 1 aliphatic carbocycles. The van der Waals surface area contributed by atoms with E-state index in [1.165, 1.54) is 13.0 Å². The van der Waals surface area contributed by atoms with Gasteiger partial charge in [0, 0.05) is 24.8 Å². The standard InChI is InChI=1S/C21H30FN3O3/c1-14(26)25-13-21(15-8-10-24-11-9-15,16-4-2-5-17(22)12-16)18-6-3-7-19(18)28-20(23)27/h2,4-5,12,15,18-19,24H,3,6-11,13H2,1H3,(H2,23,27)(H,25,26)/t18-,19-,21-/m0/s1. The highest BCUT2D eigenvalue weighted by molar-refractivity contribution is 5.73. The molecular formula is C21H30FN3O3. The lowest BCUT2D eigenvalue weighted by atomic mass is 9.58. The van der Waals surface area contributed by atoms with Crippen LogP contribution >= 0.6 is 0 Å². The van der Waals surface area contributed by atoms with Gasteiger partial charge in [0.05, 0.1) is 0 Å². The molecule has 2 fully saturated rings. The highest BCUT2D eigenvalue weighted by atomic mass is 19.1. The number of carbonyl (C=O) groups excluding carboxylic acids is 2. The van der Waals surface area contributed by atoms with Crippen LogP contribution in [0, 0.1) is 17.7 Å². The van der Waals surface area contributed by atoms with E-state index in [0.717, 1.165) is 50.8 Å². The minimum absolute atomic E-state index is 0.0308. The quantitative estimate of drug-likeness (QED) is 0.694. The Hall–Kier alpha value is -2.15. The minimum Gasteiger partial charge on any atom is -0.446 e. The fourth-order valence-corrected chi connectivity index (χ4v) is 5.32. The number of benzene rings is 1. The Balaban J connectivity index is 2.10. The lowest BCUT2D eigenvalue weighted by Gasteiger charge is -2.49. The van der Waals surface area contributed by atoms with Crippen molar-refractivity contribution in [2.75, 3.05) is 19.6 Å². The van der Waals surface area contributed by atoms with E-state index >= 15 is 0 Å². The van der Waals surface area contributed by atoms with E-state index in [9.17, 15) is 14.0 Å². The third-order valence-corrected chi connectivity index (χ3v) is 6.44. The van der Waals surface area contributed by atoms with Crippen LogP contribution in [0.25, 0.3) is 0 Å². The molecule has 154 valence electrons. The van der Waals surface area contributed by atoms with Gasteiger partial charge in [-0.15, -0.1) is 0 Å². The molecule has 6 nitrogen and oxygen atoms in total. The summed E-state index contributed by atoms with van der Waals surface area (Å²) >= 11 is 0. The summed E-state index contributed by atoms with van der Waals surface area (Å²) in [6, 6.07) is 6.66. The number of nitrogens with one attached hydrogen (secondary N) is 2. The first-order valence-electron chi connectivity index (χ1n) is 10.1. The molecule has 2 aliphatic rings. The molecule has 1 aromatic carbocycles. The zero-order valence-electron chi connectivity index (χ0n) is 16.4. The smallest absolute Gasteiger partial charge is 0.404 e. The van der Waals surface area contributed by atoms with Crippen molar-refractivity contribution in [3.05, 3.63) is 35.6 Å². The monoisotopic (exact) mass is 391 g/mol. The highest BCUT2D eigenvalue weighted by Crippen LogP contribution is 2.50. The molecule has 3 rings (SSSR count). The Labute approximate surface area is 165 Å². The Morgan fingerprint density at radius 3 is 2.68 bits per heavy atom. The maximum Gasteiger partial charge on any atom is 0.404 e. The Morgan fingerprint density at radius 2 is 2.04 bits per heavy atom. The van der Waals surface area contributed by atoms with Crippen molar-refractivity contribution in [3.63, 3.8) is 0 Å². The SMILES string of the molecule is CC(=O)NC[C@@](c1cccc(F)c1)(C1CCNCC1)[C@H]1CCC[C@@H]1OC(N)=O. The van der Waals surface area contributed by atoms with Crippen molar-refractivity contribution in [2.45, 2.75) is 50.5 Å². The molecule has 7 heteroatoms. The summed E-state index contributed by atoms with van der Waals surface area (Å²) in [5.41, 5.74) is 5.68. The van der Waals surface area contributed by atoms with Crippen LogP contribution in [-0.2, 0) is 14.9 Å². The number of carbonyl (C=O) groups is 2. The minimum atomic E-state index is -0.783. The van der Waals surface area contributed by atoms with E-state index in [2.05, 4.69) is 10.6 Å². The van der Waals surface area contributed by atoms with E-state index in [0.29, 0.717) is 6.54 Å². The van der Waals surface area contributed by atoms with Crippen molar-refractivity contribution in [3.8, 4) is 0 Å². The number of amides is 2. The van der Waals surface area contributed by atoms with Gasteiger partial charge in [-0.25, -0.2) is 9.18 Å². The largest absolute Gasteiger partial charge is 0.446 e. The zero-order valence-corrected chi connectivity index (χ0v) is 16.4. The number of ether oxygens (including phenoxy) is 1. The summed E-state index contributed by atoms with van der Waals surface area (Å²) in [6.45, 7) is 3.62. The average molecular weight is 391 g/mol. The lowest BCUT2D eigenvalue weighted by molar-refractivity contribution is -0.119. The van der Waals surface area contributed by atoms with Gasteiger partial charge < -0.3 is 21.1 Å². The van der Waals surface area contributed by atoms with Gasteiger partial charge in [0.25, 0.3) is 0 Å². The van der Waals surface area contributed by atoms with Gasteiger partial charge in [0.1, 0.15) is 11.9 Å². The topological polar surface area (TPSA) is 93.4 Å². The first-order valence-corrected chi connectivity index (χ1v) is 10.1. The van der Waals surface area contributed by atoms with Crippen molar-refractivity contribution in [1.29, 1.82) is 0 Å². The Kier molecular flexibility index (Phi) is 6.54. The van der Waals surface area contributed by atoms with Crippen LogP contribution in [0.1, 0.15) is 44.6 Å². The fourth-order valence-electron chi connectivity index (χ4n) is 5.32. The summed E-state index contributed by atoms with van der Waals surface area (Å²) in [5.74, 6) is -0.231. The number of primary amides is 1. The first kappa shape index (κ1) is 20.6. The van der Waals surface area contributed by atoms with Crippen LogP contribution in [0.3, 0.4) is 0 Å². The summed E-state index contributed by atoms with van der Waals surface area (Å²) in [6.07, 6.45) is 3.20. The van der Waals surface area contributed by atoms with Crippen LogP contribution < -0.4 is 16.4 Å². The molecule has 0 aromatic heterocycles. The summed E-state index contributed by atoms with van der Waals surface area (Å²) < 4.78 is 19.7. The molecule has 28 heavy (non-hydrogen) atoms. The Morgan fingerprint density at radius 1 is 1.29 bits per heavy atom. The van der Waals surface area contributed by atoms with Crippen LogP contribution in [-0.4, -0.2) is 37.7 Å². The second-order valence-corrected chi connectivity index (χ2v) is 8.00. The average Bonchev–Trinajstić information content (AvgIpc) is 3.11. The van der Waals surface area contributed by atoms with Crippen LogP contribution in [0.5, 0.6) is 0 Å². The van der Waals surface area contributed by atoms with E-state index in [4.69, 9.17) is 10.5 Å². The molecule has 4 N–H and O–H groups in total. The van der Waals surface area contributed by atoms with E-state index < -0.39 is 11.5 Å². The molecule has 1 saturated carbocycles. The van der Waals surface area contributed by atoms with E-state index in [-0.39, 0.29) is 29.7 Å².